The molecule has 6 heteroatoms. The lowest BCUT2D eigenvalue weighted by Crippen LogP contribution is -2.41. The Morgan fingerprint density at radius 1 is 1.04 bits per heavy atom. The molecule has 6 nitrogen and oxygen atoms in total. The molecule has 2 amide bonds. The van der Waals surface area contributed by atoms with Gasteiger partial charge in [-0.15, -0.1) is 0 Å². The van der Waals surface area contributed by atoms with Crippen LogP contribution in [0.5, 0.6) is 0 Å². The number of anilines is 2. The minimum absolute atomic E-state index is 0.0244. The third-order valence-corrected chi connectivity index (χ3v) is 4.72. The first-order valence-corrected chi connectivity index (χ1v) is 9.68. The molecule has 2 aromatic carbocycles. The maximum absolute atomic E-state index is 12.3. The van der Waals surface area contributed by atoms with Crippen molar-refractivity contribution >= 4 is 28.4 Å². The molecule has 0 aliphatic carbocycles. The normalized spacial score (nSPS) is 12.0. The van der Waals surface area contributed by atoms with E-state index in [0.29, 0.717) is 12.5 Å². The molecule has 3 rings (SSSR count). The number of benzene rings is 2. The summed E-state index contributed by atoms with van der Waals surface area (Å²) in [5.41, 5.74) is 2.92. The van der Waals surface area contributed by atoms with Crippen molar-refractivity contribution in [3.63, 3.8) is 0 Å². The van der Waals surface area contributed by atoms with Gasteiger partial charge in [0.2, 0.25) is 0 Å². The van der Waals surface area contributed by atoms with E-state index in [-0.39, 0.29) is 12.1 Å². The quantitative estimate of drug-likeness (QED) is 0.554. The topological polar surface area (TPSA) is 78.9 Å². The van der Waals surface area contributed by atoms with E-state index in [9.17, 15) is 4.79 Å². The summed E-state index contributed by atoms with van der Waals surface area (Å²) < 4.78 is 0. The van der Waals surface area contributed by atoms with Crippen molar-refractivity contribution < 1.29 is 4.79 Å². The number of amides is 2. The molecule has 3 N–H and O–H groups in total. The van der Waals surface area contributed by atoms with E-state index in [0.717, 1.165) is 28.8 Å². The number of para-hydroxylation sites is 1. The van der Waals surface area contributed by atoms with Crippen molar-refractivity contribution in [3.8, 4) is 0 Å². The Balaban J connectivity index is 1.57. The Bertz CT molecular complexity index is 918. The van der Waals surface area contributed by atoms with Crippen LogP contribution in [0.2, 0.25) is 0 Å². The van der Waals surface area contributed by atoms with Gasteiger partial charge < -0.3 is 16.0 Å². The van der Waals surface area contributed by atoms with Crippen LogP contribution in [0.25, 0.3) is 10.9 Å². The summed E-state index contributed by atoms with van der Waals surface area (Å²) in [5.74, 6) is 1.24. The second-order valence-electron chi connectivity index (χ2n) is 7.10. The lowest BCUT2D eigenvalue weighted by molar-refractivity contribution is 0.248. The van der Waals surface area contributed by atoms with Crippen molar-refractivity contribution in [2.45, 2.75) is 39.2 Å². The second kappa shape index (κ2) is 9.17. The van der Waals surface area contributed by atoms with Gasteiger partial charge in [0.15, 0.2) is 0 Å². The molecule has 0 radical (unpaired) electrons. The van der Waals surface area contributed by atoms with Crippen LogP contribution in [0.3, 0.4) is 0 Å². The maximum Gasteiger partial charge on any atom is 0.319 e. The van der Waals surface area contributed by atoms with E-state index in [1.165, 1.54) is 5.56 Å². The van der Waals surface area contributed by atoms with E-state index < -0.39 is 0 Å². The van der Waals surface area contributed by atoms with Crippen LogP contribution in [0, 0.1) is 0 Å². The molecule has 1 unspecified atom stereocenters. The van der Waals surface area contributed by atoms with Gasteiger partial charge in [0.05, 0.1) is 5.52 Å². The van der Waals surface area contributed by atoms with Gasteiger partial charge in [-0.05, 0) is 42.2 Å². The Morgan fingerprint density at radius 2 is 1.79 bits per heavy atom. The first kappa shape index (κ1) is 19.6. The largest absolute Gasteiger partial charge is 0.367 e. The molecule has 3 aromatic rings. The number of fused-ring (bicyclic) bond motifs is 1. The van der Waals surface area contributed by atoms with Crippen LogP contribution in [0.15, 0.2) is 54.9 Å². The third kappa shape index (κ3) is 4.97. The van der Waals surface area contributed by atoms with Crippen molar-refractivity contribution in [1.82, 2.24) is 15.3 Å². The zero-order valence-electron chi connectivity index (χ0n) is 16.6. The molecule has 1 atom stereocenters. The summed E-state index contributed by atoms with van der Waals surface area (Å²) in [6, 6.07) is 15.6. The minimum Gasteiger partial charge on any atom is -0.367 e. The smallest absolute Gasteiger partial charge is 0.319 e. The lowest BCUT2D eigenvalue weighted by atomic mass is 10.0. The van der Waals surface area contributed by atoms with Gasteiger partial charge in [-0.1, -0.05) is 45.0 Å². The van der Waals surface area contributed by atoms with Crippen LogP contribution in [0.4, 0.5) is 16.3 Å². The molecule has 0 fully saturated rings. The number of hydrogen-bond acceptors (Lipinski definition) is 4. The van der Waals surface area contributed by atoms with Gasteiger partial charge in [-0.25, -0.2) is 14.8 Å². The summed E-state index contributed by atoms with van der Waals surface area (Å²) in [7, 11) is 0. The van der Waals surface area contributed by atoms with Gasteiger partial charge in [-0.2, -0.15) is 0 Å². The number of aromatic nitrogens is 2. The highest BCUT2D eigenvalue weighted by molar-refractivity contribution is 5.90. The number of carbonyl (C=O) groups excluding carboxylic acids is 1. The number of rotatable bonds is 7. The van der Waals surface area contributed by atoms with Crippen molar-refractivity contribution in [2.75, 3.05) is 17.2 Å². The van der Waals surface area contributed by atoms with Gasteiger partial charge >= 0.3 is 6.03 Å². The van der Waals surface area contributed by atoms with E-state index in [4.69, 9.17) is 0 Å². The SMILES string of the molecule is CCC(CNc1ncnc2ccccc12)NC(=O)Nc1ccc(C(C)C)cc1. The highest BCUT2D eigenvalue weighted by atomic mass is 16.2. The van der Waals surface area contributed by atoms with Crippen LogP contribution >= 0.6 is 0 Å². The monoisotopic (exact) mass is 377 g/mol. The van der Waals surface area contributed by atoms with Crippen molar-refractivity contribution in [2.24, 2.45) is 0 Å². The predicted molar refractivity (Wildman–Crippen MR) is 115 cm³/mol. The minimum atomic E-state index is -0.210. The molecule has 0 bridgehead atoms. The molecule has 0 saturated carbocycles. The number of carbonyl (C=O) groups is 1. The average molecular weight is 377 g/mol. The summed E-state index contributed by atoms with van der Waals surface area (Å²) in [6.07, 6.45) is 2.35. The first-order valence-electron chi connectivity index (χ1n) is 9.68. The van der Waals surface area contributed by atoms with Crippen LogP contribution in [0.1, 0.15) is 38.7 Å². The third-order valence-electron chi connectivity index (χ3n) is 4.72. The van der Waals surface area contributed by atoms with Gasteiger partial charge in [0.1, 0.15) is 12.1 Å². The standard InChI is InChI=1S/C22H27N5O/c1-4-17(13-23-21-19-7-5-6-8-20(19)24-14-25-21)26-22(28)27-18-11-9-16(10-12-18)15(2)3/h5-12,14-15,17H,4,13H2,1-3H3,(H,23,24,25)(H2,26,27,28). The molecule has 1 heterocycles. The fraction of sp³-hybridized carbons (Fsp3) is 0.318. The zero-order chi connectivity index (χ0) is 19.9. The van der Waals surface area contributed by atoms with Crippen LogP contribution < -0.4 is 16.0 Å². The fourth-order valence-corrected chi connectivity index (χ4v) is 2.97. The van der Waals surface area contributed by atoms with Gasteiger partial charge in [0, 0.05) is 23.7 Å². The Kier molecular flexibility index (Phi) is 6.42. The highest BCUT2D eigenvalue weighted by Gasteiger charge is 2.12. The van der Waals surface area contributed by atoms with Crippen molar-refractivity contribution in [1.29, 1.82) is 0 Å². The molecular weight excluding hydrogens is 350 g/mol. The van der Waals surface area contributed by atoms with E-state index in [1.54, 1.807) is 6.33 Å². The van der Waals surface area contributed by atoms with Crippen molar-refractivity contribution in [3.05, 3.63) is 60.4 Å². The van der Waals surface area contributed by atoms with E-state index in [2.05, 4.69) is 39.8 Å². The number of hydrogen-bond donors (Lipinski definition) is 3. The average Bonchev–Trinajstić information content (AvgIpc) is 2.71. The zero-order valence-corrected chi connectivity index (χ0v) is 16.6. The Hall–Kier alpha value is -3.15. The highest BCUT2D eigenvalue weighted by Crippen LogP contribution is 2.19. The Labute approximate surface area is 165 Å². The molecule has 0 saturated heterocycles. The molecule has 0 spiro atoms. The molecule has 0 aliphatic heterocycles. The number of nitrogens with zero attached hydrogens (tertiary/aromatic N) is 2. The molecule has 146 valence electrons. The summed E-state index contributed by atoms with van der Waals surface area (Å²) in [6.45, 7) is 6.92. The van der Waals surface area contributed by atoms with E-state index >= 15 is 0 Å². The van der Waals surface area contributed by atoms with E-state index in [1.807, 2.05) is 55.5 Å². The summed E-state index contributed by atoms with van der Waals surface area (Å²) in [4.78, 5) is 21.0. The fourth-order valence-electron chi connectivity index (χ4n) is 2.97. The van der Waals surface area contributed by atoms with Gasteiger partial charge in [-0.3, -0.25) is 0 Å². The number of urea groups is 1. The predicted octanol–water partition coefficient (Wildman–Crippen LogP) is 4.77. The second-order valence-corrected chi connectivity index (χ2v) is 7.10. The maximum atomic E-state index is 12.3. The van der Waals surface area contributed by atoms with Gasteiger partial charge in [0.25, 0.3) is 0 Å². The molecule has 0 aliphatic rings. The molecule has 28 heavy (non-hydrogen) atoms. The van der Waals surface area contributed by atoms with Crippen LogP contribution in [-0.2, 0) is 0 Å². The Morgan fingerprint density at radius 3 is 2.50 bits per heavy atom. The molecular formula is C22H27N5O. The van der Waals surface area contributed by atoms with Crippen LogP contribution in [-0.4, -0.2) is 28.6 Å². The lowest BCUT2D eigenvalue weighted by Gasteiger charge is -2.19. The first-order chi connectivity index (χ1) is 13.6. The molecule has 1 aromatic heterocycles. The summed E-state index contributed by atoms with van der Waals surface area (Å²) in [5, 5.41) is 10.2. The summed E-state index contributed by atoms with van der Waals surface area (Å²) >= 11 is 0. The number of nitrogens with one attached hydrogen (secondary N) is 3.